The van der Waals surface area contributed by atoms with Crippen molar-refractivity contribution in [2.24, 2.45) is 5.11 Å². The van der Waals surface area contributed by atoms with Crippen LogP contribution < -0.4 is 0 Å². The maximum Gasteiger partial charge on any atom is 0.162 e. The maximum atomic E-state index is 12.6. The van der Waals surface area contributed by atoms with Crippen LogP contribution in [-0.2, 0) is 14.2 Å². The number of ether oxygens (including phenoxy) is 3. The number of nitrogens with zero attached hydrogens (tertiary/aromatic N) is 3. The average molecular weight is 440 g/mol. The van der Waals surface area contributed by atoms with Gasteiger partial charge in [-0.3, -0.25) is 4.79 Å². The van der Waals surface area contributed by atoms with Gasteiger partial charge in [-0.2, -0.15) is 0 Å². The van der Waals surface area contributed by atoms with E-state index in [4.69, 9.17) is 19.7 Å². The van der Waals surface area contributed by atoms with Crippen molar-refractivity contribution in [3.8, 4) is 11.1 Å². The number of carbonyl (C=O) groups excluding carboxylic acids is 1. The van der Waals surface area contributed by atoms with Gasteiger partial charge in [-0.25, -0.2) is 0 Å². The van der Waals surface area contributed by atoms with Gasteiger partial charge in [0, 0.05) is 36.0 Å². The van der Waals surface area contributed by atoms with Gasteiger partial charge >= 0.3 is 0 Å². The van der Waals surface area contributed by atoms with E-state index in [2.05, 4.69) is 16.1 Å². The van der Waals surface area contributed by atoms with E-state index in [0.717, 1.165) is 22.3 Å². The quantitative estimate of drug-likeness (QED) is 0.147. The predicted octanol–water partition coefficient (Wildman–Crippen LogP) is 4.11. The van der Waals surface area contributed by atoms with Crippen molar-refractivity contribution in [3.05, 3.63) is 69.6 Å². The van der Waals surface area contributed by atoms with Crippen LogP contribution in [0.5, 0.6) is 0 Å². The number of aliphatic hydroxyl groups excluding tert-OH is 1. The third kappa shape index (κ3) is 6.38. The third-order valence-electron chi connectivity index (χ3n) is 5.39. The smallest absolute Gasteiger partial charge is 0.162 e. The molecule has 1 atom stereocenters. The molecule has 0 radical (unpaired) electrons. The molecule has 0 heterocycles. The van der Waals surface area contributed by atoms with Crippen LogP contribution in [0.3, 0.4) is 0 Å². The predicted molar refractivity (Wildman–Crippen MR) is 121 cm³/mol. The summed E-state index contributed by atoms with van der Waals surface area (Å²) in [6.07, 6.45) is 1.05. The second kappa shape index (κ2) is 13.0. The van der Waals surface area contributed by atoms with Gasteiger partial charge in [0.25, 0.3) is 0 Å². The zero-order valence-corrected chi connectivity index (χ0v) is 18.1. The molecule has 1 N–H and O–H groups in total. The molecule has 8 heteroatoms. The summed E-state index contributed by atoms with van der Waals surface area (Å²) >= 11 is 0. The van der Waals surface area contributed by atoms with E-state index < -0.39 is 0 Å². The van der Waals surface area contributed by atoms with Gasteiger partial charge in [0.1, 0.15) is 0 Å². The second-order valence-corrected chi connectivity index (χ2v) is 7.44. The van der Waals surface area contributed by atoms with Crippen molar-refractivity contribution >= 4 is 5.78 Å². The fourth-order valence-electron chi connectivity index (χ4n) is 3.85. The molecule has 0 bridgehead atoms. The minimum atomic E-state index is -0.0752. The van der Waals surface area contributed by atoms with Crippen LogP contribution in [-0.4, -0.2) is 63.7 Å². The molecule has 0 saturated carbocycles. The molecular weight excluding hydrogens is 410 g/mol. The van der Waals surface area contributed by atoms with Crippen LogP contribution in [0.2, 0.25) is 0 Å². The number of aliphatic hydroxyl groups is 1. The molecule has 0 amide bonds. The lowest BCUT2D eigenvalue weighted by Crippen LogP contribution is -2.11. The molecule has 1 unspecified atom stereocenters. The summed E-state index contributed by atoms with van der Waals surface area (Å²) in [6.45, 7) is 3.04. The molecule has 0 saturated heterocycles. The lowest BCUT2D eigenvalue weighted by molar-refractivity contribution is 0.0154. The molecule has 0 fully saturated rings. The number of hydrogen-bond acceptors (Lipinski definition) is 6. The number of azide groups is 1. The highest BCUT2D eigenvalue weighted by Gasteiger charge is 2.28. The van der Waals surface area contributed by atoms with Crippen LogP contribution in [0.25, 0.3) is 21.6 Å². The van der Waals surface area contributed by atoms with E-state index >= 15 is 0 Å². The first-order valence-corrected chi connectivity index (χ1v) is 10.9. The molecule has 170 valence electrons. The fraction of sp³-hybridized carbons (Fsp3) is 0.458. The molecule has 1 aliphatic rings. The molecule has 8 nitrogen and oxygen atoms in total. The highest BCUT2D eigenvalue weighted by Crippen LogP contribution is 2.44. The van der Waals surface area contributed by atoms with Crippen molar-refractivity contribution in [3.63, 3.8) is 0 Å². The Morgan fingerprint density at radius 2 is 1.62 bits per heavy atom. The number of benzene rings is 2. The molecular formula is C24H29N3O5. The van der Waals surface area contributed by atoms with Crippen molar-refractivity contribution < 1.29 is 24.1 Å². The van der Waals surface area contributed by atoms with E-state index in [1.54, 1.807) is 0 Å². The third-order valence-corrected chi connectivity index (χ3v) is 5.39. The van der Waals surface area contributed by atoms with Crippen LogP contribution in [0.1, 0.15) is 40.2 Å². The summed E-state index contributed by atoms with van der Waals surface area (Å²) in [7, 11) is 0. The Morgan fingerprint density at radius 3 is 2.38 bits per heavy atom. The number of fused-ring (bicyclic) bond motifs is 3. The molecule has 32 heavy (non-hydrogen) atoms. The Hall–Kier alpha value is -2.74. The molecule has 0 aliphatic heterocycles. The molecule has 2 aromatic carbocycles. The maximum absolute atomic E-state index is 12.6. The van der Waals surface area contributed by atoms with Crippen LogP contribution in [0, 0.1) is 0 Å². The molecule has 1 aliphatic carbocycles. The van der Waals surface area contributed by atoms with Crippen LogP contribution >= 0.6 is 0 Å². The van der Waals surface area contributed by atoms with Gasteiger partial charge in [0.05, 0.1) is 39.6 Å². The topological polar surface area (TPSA) is 114 Å². The first-order valence-electron chi connectivity index (χ1n) is 10.9. The van der Waals surface area contributed by atoms with E-state index in [9.17, 15) is 9.90 Å². The van der Waals surface area contributed by atoms with Gasteiger partial charge in [-0.1, -0.05) is 41.5 Å². The van der Waals surface area contributed by atoms with Crippen molar-refractivity contribution in [1.82, 2.24) is 0 Å². The lowest BCUT2D eigenvalue weighted by Gasteiger charge is -2.11. The summed E-state index contributed by atoms with van der Waals surface area (Å²) in [5.74, 6) is 0.00640. The fourth-order valence-corrected chi connectivity index (χ4v) is 3.85. The number of carbonyl (C=O) groups is 1. The van der Waals surface area contributed by atoms with Crippen molar-refractivity contribution in [1.29, 1.82) is 0 Å². The Labute approximate surface area is 187 Å². The van der Waals surface area contributed by atoms with Gasteiger partial charge in [0.15, 0.2) is 5.78 Å². The highest BCUT2D eigenvalue weighted by molar-refractivity contribution is 5.97. The lowest BCUT2D eigenvalue weighted by atomic mass is 9.95. The Balaban J connectivity index is 1.33. The standard InChI is InChI=1S/C24H29N3O5/c25-27-26-9-11-31-13-15-32-14-12-30-10-3-6-24(29)18-7-8-21-19-4-1-2-5-20(19)23(17-28)22(21)16-18/h1-2,4-5,7-8,16,23,28H,3,6,9-15,17H2. The van der Waals surface area contributed by atoms with E-state index in [1.165, 1.54) is 0 Å². The monoisotopic (exact) mass is 439 g/mol. The number of hydrogen-bond donors (Lipinski definition) is 1. The van der Waals surface area contributed by atoms with Crippen molar-refractivity contribution in [2.75, 3.05) is 52.8 Å². The minimum absolute atomic E-state index is 0.0272. The highest BCUT2D eigenvalue weighted by atomic mass is 16.5. The molecule has 0 aromatic heterocycles. The molecule has 3 rings (SSSR count). The van der Waals surface area contributed by atoms with Crippen LogP contribution in [0.15, 0.2) is 47.6 Å². The number of Topliss-reactive ketones (excluding diaryl/α,β-unsaturated/α-hetero) is 1. The molecule has 0 spiro atoms. The zero-order valence-electron chi connectivity index (χ0n) is 18.1. The Morgan fingerprint density at radius 1 is 0.938 bits per heavy atom. The van der Waals surface area contributed by atoms with Gasteiger partial charge in [-0.15, -0.1) is 0 Å². The first kappa shape index (κ1) is 23.9. The zero-order chi connectivity index (χ0) is 22.6. The normalized spacial score (nSPS) is 14.0. The number of ketones is 1. The summed E-state index contributed by atoms with van der Waals surface area (Å²) in [6, 6.07) is 13.9. The summed E-state index contributed by atoms with van der Waals surface area (Å²) in [4.78, 5) is 15.3. The van der Waals surface area contributed by atoms with Gasteiger partial charge < -0.3 is 19.3 Å². The van der Waals surface area contributed by atoms with E-state index in [1.807, 2.05) is 36.4 Å². The average Bonchev–Trinajstić information content (AvgIpc) is 3.14. The summed E-state index contributed by atoms with van der Waals surface area (Å²) in [5.41, 5.74) is 13.2. The summed E-state index contributed by atoms with van der Waals surface area (Å²) < 4.78 is 16.1. The van der Waals surface area contributed by atoms with E-state index in [0.29, 0.717) is 64.6 Å². The molecule has 2 aromatic rings. The Kier molecular flexibility index (Phi) is 9.68. The second-order valence-electron chi connectivity index (χ2n) is 7.44. The van der Waals surface area contributed by atoms with Crippen molar-refractivity contribution in [2.45, 2.75) is 18.8 Å². The minimum Gasteiger partial charge on any atom is -0.395 e. The van der Waals surface area contributed by atoms with Gasteiger partial charge in [0.2, 0.25) is 0 Å². The Bertz CT molecular complexity index is 943. The number of rotatable bonds is 15. The SMILES string of the molecule is [N-]=[N+]=NCCOCCOCCOCCCC(=O)c1ccc2c(c1)C(CO)c1ccccc1-2. The summed E-state index contributed by atoms with van der Waals surface area (Å²) in [5, 5.41) is 13.3. The van der Waals surface area contributed by atoms with Gasteiger partial charge in [-0.05, 0) is 40.3 Å². The largest absolute Gasteiger partial charge is 0.395 e. The first-order chi connectivity index (χ1) is 15.8. The van der Waals surface area contributed by atoms with Crippen LogP contribution in [0.4, 0.5) is 0 Å². The van der Waals surface area contributed by atoms with E-state index in [-0.39, 0.29) is 18.3 Å².